The van der Waals surface area contributed by atoms with Gasteiger partial charge >= 0.3 is 0 Å². The molecule has 1 saturated heterocycles. The highest BCUT2D eigenvalue weighted by Crippen LogP contribution is 2.20. The fraction of sp³-hybridized carbons (Fsp3) is 0.370. The third-order valence-electron chi connectivity index (χ3n) is 6.42. The zero-order valence-electron chi connectivity index (χ0n) is 19.3. The van der Waals surface area contributed by atoms with Crippen LogP contribution in [0.1, 0.15) is 36.6 Å². The van der Waals surface area contributed by atoms with Crippen molar-refractivity contribution in [3.8, 4) is 0 Å². The highest BCUT2D eigenvalue weighted by atomic mass is 35.5. The molecule has 4 rings (SSSR count). The van der Waals surface area contributed by atoms with E-state index in [2.05, 4.69) is 16.7 Å². The molecule has 3 aromatic rings. The zero-order chi connectivity index (χ0) is 23.9. The van der Waals surface area contributed by atoms with E-state index in [9.17, 15) is 9.90 Å². The van der Waals surface area contributed by atoms with Gasteiger partial charge in [0, 0.05) is 30.7 Å². The molecule has 1 aliphatic rings. The molecule has 0 aliphatic carbocycles. The summed E-state index contributed by atoms with van der Waals surface area (Å²) in [5.74, 6) is 0.0981. The van der Waals surface area contributed by atoms with E-state index >= 15 is 0 Å². The number of nitrogens with two attached hydrogens (primary N) is 1. The predicted octanol–water partition coefficient (Wildman–Crippen LogP) is 3.57. The van der Waals surface area contributed by atoms with Crippen LogP contribution in [-0.2, 0) is 11.3 Å². The molecule has 0 saturated carbocycles. The lowest BCUT2D eigenvalue weighted by Crippen LogP contribution is -2.48. The van der Waals surface area contributed by atoms with Crippen molar-refractivity contribution in [3.05, 3.63) is 82.9 Å². The molecule has 3 atom stereocenters. The smallest absolute Gasteiger partial charge is 0.240 e. The van der Waals surface area contributed by atoms with Crippen molar-refractivity contribution < 1.29 is 9.90 Å². The lowest BCUT2D eigenvalue weighted by molar-refractivity contribution is -0.133. The highest BCUT2D eigenvalue weighted by Gasteiger charge is 2.30. The highest BCUT2D eigenvalue weighted by molar-refractivity contribution is 6.30. The molecule has 6 nitrogen and oxygen atoms in total. The van der Waals surface area contributed by atoms with Crippen molar-refractivity contribution in [2.24, 2.45) is 5.73 Å². The second-order valence-electron chi connectivity index (χ2n) is 8.94. The van der Waals surface area contributed by atoms with Crippen LogP contribution in [0.3, 0.4) is 0 Å². The lowest BCUT2D eigenvalue weighted by atomic mass is 10.1. The Morgan fingerprint density at radius 1 is 1.12 bits per heavy atom. The van der Waals surface area contributed by atoms with Crippen LogP contribution in [0.15, 0.2) is 66.7 Å². The van der Waals surface area contributed by atoms with E-state index in [1.165, 1.54) is 0 Å². The Kier molecular flexibility index (Phi) is 8.53. The second-order valence-corrected chi connectivity index (χ2v) is 9.38. The van der Waals surface area contributed by atoms with Crippen LogP contribution in [0.25, 0.3) is 10.8 Å². The molecule has 7 heteroatoms. The monoisotopic (exact) mass is 480 g/mol. The summed E-state index contributed by atoms with van der Waals surface area (Å²) in [4.78, 5) is 15.2. The number of nitrogens with one attached hydrogen (secondary N) is 2. The number of rotatable bonds is 9. The number of benzene rings is 3. The minimum absolute atomic E-state index is 0.0528. The first-order valence-electron chi connectivity index (χ1n) is 11.9. The van der Waals surface area contributed by atoms with Gasteiger partial charge in [0.15, 0.2) is 0 Å². The van der Waals surface area contributed by atoms with Gasteiger partial charge in [-0.3, -0.25) is 10.1 Å². The van der Waals surface area contributed by atoms with Crippen molar-refractivity contribution in [2.75, 3.05) is 19.6 Å². The van der Waals surface area contributed by atoms with E-state index in [1.807, 2.05) is 65.6 Å². The van der Waals surface area contributed by atoms with Crippen LogP contribution < -0.4 is 16.4 Å². The quantitative estimate of drug-likeness (QED) is 0.351. The SMILES string of the molecule is NCCC[C@@H]1N[C@H](CNC(O)c2ccc3ccccc3c2)CCN(Cc2ccc(Cl)cc2)C1=O. The molecule has 180 valence electrons. The van der Waals surface area contributed by atoms with E-state index in [-0.39, 0.29) is 18.0 Å². The molecule has 0 spiro atoms. The van der Waals surface area contributed by atoms with E-state index in [1.54, 1.807) is 0 Å². The first kappa shape index (κ1) is 24.6. The van der Waals surface area contributed by atoms with Gasteiger partial charge in [0.2, 0.25) is 5.91 Å². The van der Waals surface area contributed by atoms with Crippen LogP contribution in [0.5, 0.6) is 0 Å². The summed E-state index contributed by atoms with van der Waals surface area (Å²) in [6, 6.07) is 21.5. The van der Waals surface area contributed by atoms with Crippen molar-refractivity contribution >= 4 is 28.3 Å². The van der Waals surface area contributed by atoms with E-state index < -0.39 is 6.23 Å². The number of hydrogen-bond donors (Lipinski definition) is 4. The number of aliphatic hydroxyl groups excluding tert-OH is 1. The van der Waals surface area contributed by atoms with E-state index in [0.29, 0.717) is 37.6 Å². The topological polar surface area (TPSA) is 90.6 Å². The summed E-state index contributed by atoms with van der Waals surface area (Å²) >= 11 is 6.01. The van der Waals surface area contributed by atoms with Crippen LogP contribution in [-0.4, -0.2) is 47.6 Å². The molecule has 0 radical (unpaired) electrons. The summed E-state index contributed by atoms with van der Waals surface area (Å²) in [5.41, 5.74) is 7.61. The van der Waals surface area contributed by atoms with E-state index in [4.69, 9.17) is 17.3 Å². The normalized spacial score (nSPS) is 19.9. The Morgan fingerprint density at radius 3 is 2.65 bits per heavy atom. The standard InChI is InChI=1S/C27H33ClN4O2/c28-23-11-7-19(8-12-23)18-32-15-13-24(31-25(27(32)34)6-3-14-29)17-30-26(33)22-10-9-20-4-1-2-5-21(20)16-22/h1-2,4-5,7-12,16,24-26,30-31,33H,3,6,13-15,17-18,29H2/t24-,25-,26?/m0/s1. The maximum absolute atomic E-state index is 13.3. The van der Waals surface area contributed by atoms with Gasteiger partial charge in [-0.25, -0.2) is 0 Å². The van der Waals surface area contributed by atoms with Gasteiger partial charge in [-0.2, -0.15) is 0 Å². The fourth-order valence-electron chi connectivity index (χ4n) is 4.49. The number of amides is 1. The molecule has 1 heterocycles. The largest absolute Gasteiger partial charge is 0.374 e. The van der Waals surface area contributed by atoms with Gasteiger partial charge in [0.05, 0.1) is 6.04 Å². The molecule has 5 N–H and O–H groups in total. The summed E-state index contributed by atoms with van der Waals surface area (Å²) in [7, 11) is 0. The Balaban J connectivity index is 1.40. The first-order valence-corrected chi connectivity index (χ1v) is 12.3. The van der Waals surface area contributed by atoms with Crippen molar-refractivity contribution in [1.82, 2.24) is 15.5 Å². The van der Waals surface area contributed by atoms with Crippen molar-refractivity contribution in [2.45, 2.75) is 44.1 Å². The minimum Gasteiger partial charge on any atom is -0.374 e. The van der Waals surface area contributed by atoms with Gasteiger partial charge in [-0.05, 0) is 65.9 Å². The molecular weight excluding hydrogens is 448 g/mol. The molecule has 1 amide bonds. The fourth-order valence-corrected chi connectivity index (χ4v) is 4.61. The Morgan fingerprint density at radius 2 is 1.88 bits per heavy atom. The number of aliphatic hydroxyl groups is 1. The van der Waals surface area contributed by atoms with Crippen LogP contribution in [0.4, 0.5) is 0 Å². The second kappa shape index (κ2) is 11.8. The van der Waals surface area contributed by atoms with Gasteiger partial charge in [0.1, 0.15) is 6.23 Å². The molecule has 1 unspecified atom stereocenters. The van der Waals surface area contributed by atoms with Crippen LogP contribution >= 0.6 is 11.6 Å². The molecule has 3 aromatic carbocycles. The number of carbonyl (C=O) groups is 1. The van der Waals surface area contributed by atoms with Gasteiger partial charge < -0.3 is 21.1 Å². The average Bonchev–Trinajstić information content (AvgIpc) is 3.01. The maximum Gasteiger partial charge on any atom is 0.240 e. The van der Waals surface area contributed by atoms with Crippen molar-refractivity contribution in [1.29, 1.82) is 0 Å². The summed E-state index contributed by atoms with van der Waals surface area (Å²) in [6.07, 6.45) is 1.47. The summed E-state index contributed by atoms with van der Waals surface area (Å²) < 4.78 is 0. The Bertz CT molecular complexity index is 1090. The molecular formula is C27H33ClN4O2. The van der Waals surface area contributed by atoms with Gasteiger partial charge in [0.25, 0.3) is 0 Å². The number of nitrogens with zero attached hydrogens (tertiary/aromatic N) is 1. The van der Waals surface area contributed by atoms with E-state index in [0.717, 1.165) is 34.7 Å². The molecule has 0 bridgehead atoms. The number of halogens is 1. The number of fused-ring (bicyclic) bond motifs is 1. The molecule has 0 aromatic heterocycles. The van der Waals surface area contributed by atoms with Gasteiger partial charge in [-0.15, -0.1) is 0 Å². The summed E-state index contributed by atoms with van der Waals surface area (Å²) in [6.45, 7) is 2.30. The Hall–Kier alpha value is -2.48. The minimum atomic E-state index is -0.780. The Labute approximate surface area is 206 Å². The third-order valence-corrected chi connectivity index (χ3v) is 6.68. The predicted molar refractivity (Wildman–Crippen MR) is 137 cm³/mol. The molecule has 34 heavy (non-hydrogen) atoms. The number of hydrogen-bond acceptors (Lipinski definition) is 5. The average molecular weight is 481 g/mol. The maximum atomic E-state index is 13.3. The van der Waals surface area contributed by atoms with Crippen molar-refractivity contribution in [3.63, 3.8) is 0 Å². The zero-order valence-corrected chi connectivity index (χ0v) is 20.0. The van der Waals surface area contributed by atoms with Crippen LogP contribution in [0, 0.1) is 0 Å². The lowest BCUT2D eigenvalue weighted by Gasteiger charge is -2.25. The molecule has 1 aliphatic heterocycles. The summed E-state index contributed by atoms with van der Waals surface area (Å²) in [5, 5.41) is 20.5. The number of carbonyl (C=O) groups excluding carboxylic acids is 1. The first-order chi connectivity index (χ1) is 16.5. The third kappa shape index (κ3) is 6.34. The molecule has 1 fully saturated rings. The van der Waals surface area contributed by atoms with Gasteiger partial charge in [-0.1, -0.05) is 60.1 Å². The van der Waals surface area contributed by atoms with Crippen LogP contribution in [0.2, 0.25) is 5.02 Å².